The molecule has 2 aromatic carbocycles. The maximum absolute atomic E-state index is 9.13. The molecule has 0 aliphatic carbocycles. The van der Waals surface area contributed by atoms with Crippen molar-refractivity contribution in [2.75, 3.05) is 5.32 Å². The molecule has 0 spiro atoms. The second-order valence-corrected chi connectivity index (χ2v) is 3.50. The van der Waals surface area contributed by atoms with Crippen LogP contribution in [0.1, 0.15) is 0 Å². The minimum absolute atomic E-state index is 0.207. The monoisotopic (exact) mass is 227 g/mol. The van der Waals surface area contributed by atoms with E-state index in [-0.39, 0.29) is 5.75 Å². The molecule has 4 N–H and O–H groups in total. The van der Waals surface area contributed by atoms with Crippen molar-refractivity contribution in [2.24, 2.45) is 10.7 Å². The molecule has 0 fully saturated rings. The molecule has 0 heterocycles. The summed E-state index contributed by atoms with van der Waals surface area (Å²) in [7, 11) is 0. The number of guanidine groups is 1. The van der Waals surface area contributed by atoms with Gasteiger partial charge in [-0.1, -0.05) is 18.2 Å². The van der Waals surface area contributed by atoms with Gasteiger partial charge in [0.25, 0.3) is 0 Å². The maximum atomic E-state index is 9.13. The van der Waals surface area contributed by atoms with Gasteiger partial charge in [-0.25, -0.2) is 4.99 Å². The zero-order valence-corrected chi connectivity index (χ0v) is 9.17. The summed E-state index contributed by atoms with van der Waals surface area (Å²) in [5.41, 5.74) is 7.32. The second-order valence-electron chi connectivity index (χ2n) is 3.50. The van der Waals surface area contributed by atoms with Crippen molar-refractivity contribution < 1.29 is 5.11 Å². The number of nitrogens with zero attached hydrogens (tertiary/aromatic N) is 1. The van der Waals surface area contributed by atoms with Gasteiger partial charge in [0.05, 0.1) is 5.69 Å². The molecule has 0 aliphatic rings. The van der Waals surface area contributed by atoms with Gasteiger partial charge in [-0.05, 0) is 36.4 Å². The van der Waals surface area contributed by atoms with Crippen molar-refractivity contribution in [3.05, 3.63) is 54.6 Å². The zero-order chi connectivity index (χ0) is 12.1. The number of rotatable bonds is 2. The van der Waals surface area contributed by atoms with Crippen LogP contribution in [0, 0.1) is 0 Å². The van der Waals surface area contributed by atoms with E-state index in [0.717, 1.165) is 5.69 Å². The molecule has 2 rings (SSSR count). The maximum Gasteiger partial charge on any atom is 0.198 e. The van der Waals surface area contributed by atoms with Crippen LogP contribution in [0.15, 0.2) is 59.6 Å². The molecular weight excluding hydrogens is 214 g/mol. The fraction of sp³-hybridized carbons (Fsp3) is 0. The van der Waals surface area contributed by atoms with Gasteiger partial charge >= 0.3 is 0 Å². The van der Waals surface area contributed by atoms with Crippen LogP contribution in [0.3, 0.4) is 0 Å². The number of nitrogens with one attached hydrogen (secondary N) is 1. The average molecular weight is 227 g/mol. The number of aromatic hydroxyl groups is 1. The molecule has 0 amide bonds. The summed E-state index contributed by atoms with van der Waals surface area (Å²) in [6.45, 7) is 0. The molecule has 0 atom stereocenters. The van der Waals surface area contributed by atoms with Crippen molar-refractivity contribution in [2.45, 2.75) is 0 Å². The summed E-state index contributed by atoms with van der Waals surface area (Å²) in [4.78, 5) is 4.17. The quantitative estimate of drug-likeness (QED) is 0.545. The summed E-state index contributed by atoms with van der Waals surface area (Å²) in [5, 5.41) is 12.1. The van der Waals surface area contributed by atoms with Crippen molar-refractivity contribution in [3.63, 3.8) is 0 Å². The van der Waals surface area contributed by atoms with E-state index in [1.165, 1.54) is 0 Å². The Morgan fingerprint density at radius 3 is 2.29 bits per heavy atom. The van der Waals surface area contributed by atoms with E-state index in [4.69, 9.17) is 10.8 Å². The number of hydrogen-bond donors (Lipinski definition) is 3. The molecule has 4 heteroatoms. The van der Waals surface area contributed by atoms with Gasteiger partial charge in [0.1, 0.15) is 5.75 Å². The molecule has 0 radical (unpaired) electrons. The van der Waals surface area contributed by atoms with Crippen molar-refractivity contribution in [3.8, 4) is 5.75 Å². The topological polar surface area (TPSA) is 70.6 Å². The van der Waals surface area contributed by atoms with E-state index in [1.807, 2.05) is 30.3 Å². The number of aliphatic imine (C=N–C) groups is 1. The minimum atomic E-state index is 0.207. The molecule has 0 saturated carbocycles. The third-order valence-electron chi connectivity index (χ3n) is 2.15. The highest BCUT2D eigenvalue weighted by Gasteiger charge is 1.95. The van der Waals surface area contributed by atoms with Gasteiger partial charge in [-0.3, -0.25) is 0 Å². The largest absolute Gasteiger partial charge is 0.508 e. The fourth-order valence-electron chi connectivity index (χ4n) is 1.36. The molecular formula is C13H13N3O. The summed E-state index contributed by atoms with van der Waals surface area (Å²) < 4.78 is 0. The highest BCUT2D eigenvalue weighted by atomic mass is 16.3. The molecule has 0 unspecified atom stereocenters. The summed E-state index contributed by atoms with van der Waals surface area (Å²) in [6.07, 6.45) is 0. The first-order chi connectivity index (χ1) is 8.24. The summed E-state index contributed by atoms with van der Waals surface area (Å²) >= 11 is 0. The number of phenolic OH excluding ortho intramolecular Hbond substituents is 1. The number of benzene rings is 2. The molecule has 0 aliphatic heterocycles. The lowest BCUT2D eigenvalue weighted by Gasteiger charge is -2.04. The number of hydrogen-bond acceptors (Lipinski definition) is 2. The standard InChI is InChI=1S/C13H13N3O/c14-13(15-10-4-2-1-3-5-10)16-11-6-8-12(17)9-7-11/h1-9,17H,(H3,14,15,16). The third kappa shape index (κ3) is 3.24. The fourth-order valence-corrected chi connectivity index (χ4v) is 1.36. The Hall–Kier alpha value is -2.49. The van der Waals surface area contributed by atoms with Crippen LogP contribution in [0.4, 0.5) is 11.4 Å². The third-order valence-corrected chi connectivity index (χ3v) is 2.15. The van der Waals surface area contributed by atoms with Crippen molar-refractivity contribution in [1.82, 2.24) is 0 Å². The lowest BCUT2D eigenvalue weighted by molar-refractivity contribution is 0.475. The summed E-state index contributed by atoms with van der Waals surface area (Å²) in [5.74, 6) is 0.514. The Morgan fingerprint density at radius 1 is 1.00 bits per heavy atom. The molecule has 0 aromatic heterocycles. The Morgan fingerprint density at radius 2 is 1.65 bits per heavy atom. The Kier molecular flexibility index (Phi) is 3.25. The second kappa shape index (κ2) is 5.03. The van der Waals surface area contributed by atoms with Gasteiger partial charge in [-0.15, -0.1) is 0 Å². The molecule has 0 bridgehead atoms. The van der Waals surface area contributed by atoms with Crippen LogP contribution in [-0.4, -0.2) is 11.1 Å². The normalized spacial score (nSPS) is 11.2. The van der Waals surface area contributed by atoms with Crippen LogP contribution >= 0.6 is 0 Å². The summed E-state index contributed by atoms with van der Waals surface area (Å²) in [6, 6.07) is 16.1. The van der Waals surface area contributed by atoms with Gasteiger partial charge in [0, 0.05) is 5.69 Å². The predicted molar refractivity (Wildman–Crippen MR) is 69.5 cm³/mol. The van der Waals surface area contributed by atoms with E-state index in [2.05, 4.69) is 10.3 Å². The van der Waals surface area contributed by atoms with Crippen LogP contribution in [0.5, 0.6) is 5.75 Å². The van der Waals surface area contributed by atoms with Crippen LogP contribution in [0.25, 0.3) is 0 Å². The van der Waals surface area contributed by atoms with Gasteiger partial charge in [-0.2, -0.15) is 0 Å². The zero-order valence-electron chi connectivity index (χ0n) is 9.17. The van der Waals surface area contributed by atoms with Gasteiger partial charge < -0.3 is 16.2 Å². The van der Waals surface area contributed by atoms with Crippen molar-refractivity contribution in [1.29, 1.82) is 0 Å². The number of para-hydroxylation sites is 1. The smallest absolute Gasteiger partial charge is 0.198 e. The molecule has 86 valence electrons. The first-order valence-electron chi connectivity index (χ1n) is 5.19. The first-order valence-corrected chi connectivity index (χ1v) is 5.19. The number of nitrogens with two attached hydrogens (primary N) is 1. The lowest BCUT2D eigenvalue weighted by atomic mass is 10.3. The molecule has 4 nitrogen and oxygen atoms in total. The first kappa shape index (κ1) is 11.0. The van der Waals surface area contributed by atoms with Crippen LogP contribution in [0.2, 0.25) is 0 Å². The highest BCUT2D eigenvalue weighted by molar-refractivity contribution is 5.93. The predicted octanol–water partition coefficient (Wildman–Crippen LogP) is 2.45. The molecule has 0 saturated heterocycles. The van der Waals surface area contributed by atoms with E-state index in [0.29, 0.717) is 11.6 Å². The minimum Gasteiger partial charge on any atom is -0.508 e. The Labute approximate surface area is 99.4 Å². The Bertz CT molecular complexity index is 506. The van der Waals surface area contributed by atoms with Crippen LogP contribution in [-0.2, 0) is 0 Å². The van der Waals surface area contributed by atoms with E-state index >= 15 is 0 Å². The Balaban J connectivity index is 2.09. The average Bonchev–Trinajstić information content (AvgIpc) is 2.33. The van der Waals surface area contributed by atoms with Crippen molar-refractivity contribution >= 4 is 17.3 Å². The number of phenols is 1. The van der Waals surface area contributed by atoms with E-state index in [9.17, 15) is 0 Å². The van der Waals surface area contributed by atoms with E-state index < -0.39 is 0 Å². The highest BCUT2D eigenvalue weighted by Crippen LogP contribution is 2.16. The number of anilines is 1. The van der Waals surface area contributed by atoms with Crippen LogP contribution < -0.4 is 11.1 Å². The SMILES string of the molecule is NC(=Nc1ccc(O)cc1)Nc1ccccc1. The van der Waals surface area contributed by atoms with Gasteiger partial charge in [0.15, 0.2) is 5.96 Å². The molecule has 17 heavy (non-hydrogen) atoms. The molecule has 2 aromatic rings. The van der Waals surface area contributed by atoms with Gasteiger partial charge in [0.2, 0.25) is 0 Å². The van der Waals surface area contributed by atoms with E-state index in [1.54, 1.807) is 24.3 Å². The lowest BCUT2D eigenvalue weighted by Crippen LogP contribution is -2.21.